The number of nitrogens with one attached hydrogen (secondary N) is 2. The zero-order valence-corrected chi connectivity index (χ0v) is 14.6. The van der Waals surface area contributed by atoms with Crippen LogP contribution < -0.4 is 15.8 Å². The Morgan fingerprint density at radius 3 is 2.57 bits per heavy atom. The summed E-state index contributed by atoms with van der Waals surface area (Å²) < 4.78 is 0. The summed E-state index contributed by atoms with van der Waals surface area (Å²) >= 11 is 0. The minimum Gasteiger partial charge on any atom is -0.412 e. The van der Waals surface area contributed by atoms with Crippen molar-refractivity contribution < 1.29 is 43.0 Å². The number of carbonyl (C=O) groups is 1. The van der Waals surface area contributed by atoms with Crippen molar-refractivity contribution in [2.75, 3.05) is 24.3 Å². The predicted molar refractivity (Wildman–Crippen MR) is 77.9 cm³/mol. The molecule has 2 rings (SSSR count). The number of nitrogens with zero attached hydrogens (tertiary/aromatic N) is 2. The van der Waals surface area contributed by atoms with E-state index in [1.165, 1.54) is 12.3 Å². The molecule has 0 aliphatic carbocycles. The van der Waals surface area contributed by atoms with E-state index >= 15 is 0 Å². The number of anilines is 3. The first-order valence-corrected chi connectivity index (χ1v) is 5.68. The predicted octanol–water partition coefficient (Wildman–Crippen LogP) is 0.565. The van der Waals surface area contributed by atoms with E-state index in [0.29, 0.717) is 22.8 Å². The maximum Gasteiger partial charge on any atom is 0.249 e. The number of carbonyl (C=O) groups excluding carboxylic acids is 1. The zero-order chi connectivity index (χ0) is 13.8. The summed E-state index contributed by atoms with van der Waals surface area (Å²) in [6.45, 7) is 0. The third kappa shape index (κ3) is 4.73. The smallest absolute Gasteiger partial charge is 0.249 e. The molecule has 0 amide bonds. The van der Waals surface area contributed by atoms with Crippen molar-refractivity contribution in [3.8, 4) is 0 Å². The quantitative estimate of drug-likeness (QED) is 0.770. The molecule has 21 heavy (non-hydrogen) atoms. The van der Waals surface area contributed by atoms with Gasteiger partial charge < -0.3 is 20.7 Å². The average molecular weight is 365 g/mol. The van der Waals surface area contributed by atoms with Crippen LogP contribution in [0.4, 0.5) is 17.2 Å². The van der Waals surface area contributed by atoms with E-state index in [1.54, 1.807) is 23.2 Å². The summed E-state index contributed by atoms with van der Waals surface area (Å²) in [5.41, 5.74) is 1.62. The summed E-state index contributed by atoms with van der Waals surface area (Å²) in [5.74, 6) is 0.640. The van der Waals surface area contributed by atoms with E-state index in [0.717, 1.165) is 6.29 Å². The largest absolute Gasteiger partial charge is 0.412 e. The Morgan fingerprint density at radius 1 is 1.24 bits per heavy atom. The summed E-state index contributed by atoms with van der Waals surface area (Å²) in [4.78, 5) is 30.7. The SMILES string of the molecule is CN(C)c1[nH]c(=O)ccc1Nc1ccncc1C=O.O.[Y]. The van der Waals surface area contributed by atoms with Crippen LogP contribution in [0.3, 0.4) is 0 Å². The Kier molecular flexibility index (Phi) is 8.02. The minimum atomic E-state index is -0.181. The van der Waals surface area contributed by atoms with Crippen molar-refractivity contribution in [2.24, 2.45) is 0 Å². The van der Waals surface area contributed by atoms with Gasteiger partial charge in [-0.05, 0) is 12.1 Å². The zero-order valence-electron chi connectivity index (χ0n) is 11.8. The molecule has 0 saturated heterocycles. The number of hydrogen-bond donors (Lipinski definition) is 2. The first-order chi connectivity index (χ1) is 9.11. The molecule has 0 aromatic carbocycles. The van der Waals surface area contributed by atoms with Crippen molar-refractivity contribution in [1.29, 1.82) is 0 Å². The van der Waals surface area contributed by atoms with Crippen LogP contribution in [-0.4, -0.2) is 35.8 Å². The monoisotopic (exact) mass is 365 g/mol. The Hall–Kier alpha value is -1.57. The molecular formula is C13H16N4O3Y. The van der Waals surface area contributed by atoms with Crippen LogP contribution in [0, 0.1) is 0 Å². The van der Waals surface area contributed by atoms with Crippen LogP contribution in [0.15, 0.2) is 35.4 Å². The fraction of sp³-hybridized carbons (Fsp3) is 0.154. The number of aromatic amines is 1. The third-order valence-corrected chi connectivity index (χ3v) is 2.59. The van der Waals surface area contributed by atoms with Crippen LogP contribution in [0.25, 0.3) is 0 Å². The van der Waals surface area contributed by atoms with Gasteiger partial charge in [-0.25, -0.2) is 0 Å². The second-order valence-electron chi connectivity index (χ2n) is 4.19. The molecular weight excluding hydrogens is 349 g/mol. The number of H-pyrrole nitrogens is 1. The van der Waals surface area contributed by atoms with Gasteiger partial charge in [0.15, 0.2) is 6.29 Å². The van der Waals surface area contributed by atoms with E-state index in [9.17, 15) is 9.59 Å². The molecule has 7 nitrogen and oxygen atoms in total. The molecule has 0 atom stereocenters. The number of hydrogen-bond acceptors (Lipinski definition) is 5. The van der Waals surface area contributed by atoms with Gasteiger partial charge in [0.25, 0.3) is 0 Å². The second-order valence-corrected chi connectivity index (χ2v) is 4.19. The Morgan fingerprint density at radius 2 is 1.95 bits per heavy atom. The van der Waals surface area contributed by atoms with Gasteiger partial charge in [-0.2, -0.15) is 0 Å². The molecule has 0 aliphatic rings. The van der Waals surface area contributed by atoms with Gasteiger partial charge in [-0.3, -0.25) is 14.6 Å². The summed E-state index contributed by atoms with van der Waals surface area (Å²) in [6, 6.07) is 4.80. The minimum absolute atomic E-state index is 0. The van der Waals surface area contributed by atoms with E-state index in [4.69, 9.17) is 0 Å². The average Bonchev–Trinajstić information content (AvgIpc) is 2.41. The van der Waals surface area contributed by atoms with Crippen LogP contribution in [-0.2, 0) is 32.7 Å². The van der Waals surface area contributed by atoms with Crippen molar-refractivity contribution in [3.05, 3.63) is 46.5 Å². The molecule has 8 heteroatoms. The molecule has 2 aromatic rings. The second kappa shape index (κ2) is 8.66. The fourth-order valence-electron chi connectivity index (χ4n) is 1.68. The van der Waals surface area contributed by atoms with E-state index in [-0.39, 0.29) is 43.7 Å². The van der Waals surface area contributed by atoms with Crippen molar-refractivity contribution in [1.82, 2.24) is 9.97 Å². The van der Waals surface area contributed by atoms with E-state index in [2.05, 4.69) is 15.3 Å². The van der Waals surface area contributed by atoms with Gasteiger partial charge in [-0.15, -0.1) is 0 Å². The van der Waals surface area contributed by atoms with Crippen LogP contribution in [0.2, 0.25) is 0 Å². The Bertz CT molecular complexity index is 658. The first-order valence-electron chi connectivity index (χ1n) is 5.68. The first kappa shape index (κ1) is 19.4. The third-order valence-electron chi connectivity index (χ3n) is 2.59. The summed E-state index contributed by atoms with van der Waals surface area (Å²) in [5, 5.41) is 3.12. The molecule has 4 N–H and O–H groups in total. The molecule has 0 saturated carbocycles. The number of pyridine rings is 2. The fourth-order valence-corrected chi connectivity index (χ4v) is 1.68. The van der Waals surface area contributed by atoms with Gasteiger partial charge >= 0.3 is 0 Å². The summed E-state index contributed by atoms with van der Waals surface area (Å²) in [7, 11) is 3.65. The Balaban J connectivity index is 0.00000200. The van der Waals surface area contributed by atoms with Crippen LogP contribution in [0.1, 0.15) is 10.4 Å². The maximum absolute atomic E-state index is 11.3. The van der Waals surface area contributed by atoms with Crippen LogP contribution >= 0.6 is 0 Å². The van der Waals surface area contributed by atoms with Crippen molar-refractivity contribution in [2.45, 2.75) is 0 Å². The standard InChI is InChI=1S/C13H14N4O2.H2O.Y/c1-17(2)13-11(3-4-12(19)16-13)15-10-5-6-14-7-9(10)8-18;;/h3-8H,1-2H3,(H,14,15)(H,16,19);1H2;. The molecule has 0 fully saturated rings. The van der Waals surface area contributed by atoms with Gasteiger partial charge in [0.1, 0.15) is 5.82 Å². The van der Waals surface area contributed by atoms with Crippen molar-refractivity contribution in [3.63, 3.8) is 0 Å². The molecule has 2 heterocycles. The molecule has 1 radical (unpaired) electrons. The van der Waals surface area contributed by atoms with Crippen molar-refractivity contribution >= 4 is 23.5 Å². The van der Waals surface area contributed by atoms with E-state index < -0.39 is 0 Å². The van der Waals surface area contributed by atoms with Gasteiger partial charge in [-0.1, -0.05) is 0 Å². The molecule has 0 unspecified atom stereocenters. The van der Waals surface area contributed by atoms with Gasteiger partial charge in [0, 0.05) is 65.3 Å². The molecule has 2 aromatic heterocycles. The maximum atomic E-state index is 11.3. The number of rotatable bonds is 4. The number of aldehydes is 1. The molecule has 0 bridgehead atoms. The normalized spacial score (nSPS) is 9.05. The molecule has 0 spiro atoms. The topological polar surface area (TPSA) is 110 Å². The Labute approximate surface area is 147 Å². The van der Waals surface area contributed by atoms with E-state index in [1.807, 2.05) is 14.1 Å². The van der Waals surface area contributed by atoms with Crippen LogP contribution in [0.5, 0.6) is 0 Å². The molecule has 109 valence electrons. The summed E-state index contributed by atoms with van der Waals surface area (Å²) in [6.07, 6.45) is 3.81. The van der Waals surface area contributed by atoms with Gasteiger partial charge in [0.2, 0.25) is 5.56 Å². The van der Waals surface area contributed by atoms with Gasteiger partial charge in [0.05, 0.1) is 16.9 Å². The number of aromatic nitrogens is 2. The molecule has 0 aliphatic heterocycles.